The Morgan fingerprint density at radius 2 is 2.17 bits per heavy atom. The predicted octanol–water partition coefficient (Wildman–Crippen LogP) is 1.42. The molecular formula is C15H19NO2. The Balaban J connectivity index is 1.69. The smallest absolute Gasteiger partial charge is 0.176 e. The fourth-order valence-electron chi connectivity index (χ4n) is 3.00. The third kappa shape index (κ3) is 2.33. The summed E-state index contributed by atoms with van der Waals surface area (Å²) < 4.78 is 0. The topological polar surface area (TPSA) is 40.5 Å². The second kappa shape index (κ2) is 4.82. The van der Waals surface area contributed by atoms with Gasteiger partial charge in [-0.05, 0) is 42.9 Å². The molecule has 2 aliphatic rings. The van der Waals surface area contributed by atoms with Crippen molar-refractivity contribution in [2.24, 2.45) is 0 Å². The molecule has 0 spiro atoms. The second-order valence-corrected chi connectivity index (χ2v) is 5.44. The number of carbonyl (C=O) groups is 1. The van der Waals surface area contributed by atoms with Crippen molar-refractivity contribution in [2.45, 2.75) is 31.8 Å². The van der Waals surface area contributed by atoms with Crippen molar-refractivity contribution in [3.8, 4) is 0 Å². The van der Waals surface area contributed by atoms with Crippen LogP contribution < -0.4 is 0 Å². The Bertz CT molecular complexity index is 470. The van der Waals surface area contributed by atoms with E-state index in [1.165, 1.54) is 17.5 Å². The third-order valence-electron chi connectivity index (χ3n) is 4.04. The van der Waals surface area contributed by atoms with E-state index in [0.29, 0.717) is 13.1 Å². The summed E-state index contributed by atoms with van der Waals surface area (Å²) in [6, 6.07) is 6.13. The van der Waals surface area contributed by atoms with E-state index >= 15 is 0 Å². The predicted molar refractivity (Wildman–Crippen MR) is 69.9 cm³/mol. The summed E-state index contributed by atoms with van der Waals surface area (Å²) in [7, 11) is 0. The summed E-state index contributed by atoms with van der Waals surface area (Å²) in [4.78, 5) is 14.2. The van der Waals surface area contributed by atoms with Crippen LogP contribution >= 0.6 is 0 Å². The molecule has 0 saturated carbocycles. The highest BCUT2D eigenvalue weighted by Gasteiger charge is 2.23. The van der Waals surface area contributed by atoms with Gasteiger partial charge in [0.2, 0.25) is 0 Å². The van der Waals surface area contributed by atoms with Crippen LogP contribution in [-0.2, 0) is 12.8 Å². The van der Waals surface area contributed by atoms with Crippen molar-refractivity contribution in [3.63, 3.8) is 0 Å². The zero-order valence-corrected chi connectivity index (χ0v) is 10.6. The molecule has 1 aliphatic heterocycles. The summed E-state index contributed by atoms with van der Waals surface area (Å²) in [6.45, 7) is 1.91. The highest BCUT2D eigenvalue weighted by Crippen LogP contribution is 2.23. The molecule has 1 aromatic carbocycles. The van der Waals surface area contributed by atoms with Crippen LogP contribution in [0.4, 0.5) is 0 Å². The molecular weight excluding hydrogens is 226 g/mol. The first-order chi connectivity index (χ1) is 8.72. The molecule has 1 aromatic rings. The van der Waals surface area contributed by atoms with E-state index in [2.05, 4.69) is 12.1 Å². The Labute approximate surface area is 107 Å². The van der Waals surface area contributed by atoms with Gasteiger partial charge in [0.25, 0.3) is 0 Å². The molecule has 3 nitrogen and oxygen atoms in total. The number of likely N-dealkylation sites (tertiary alicyclic amines) is 1. The van der Waals surface area contributed by atoms with Crippen molar-refractivity contribution in [1.82, 2.24) is 4.90 Å². The van der Waals surface area contributed by atoms with Gasteiger partial charge in [-0.2, -0.15) is 0 Å². The number of nitrogens with zero attached hydrogens (tertiary/aromatic N) is 1. The van der Waals surface area contributed by atoms with Crippen LogP contribution in [0, 0.1) is 0 Å². The highest BCUT2D eigenvalue weighted by molar-refractivity contribution is 5.97. The zero-order valence-electron chi connectivity index (χ0n) is 10.6. The monoisotopic (exact) mass is 245 g/mol. The first kappa shape index (κ1) is 11.9. The average molecular weight is 245 g/mol. The maximum absolute atomic E-state index is 12.2. The highest BCUT2D eigenvalue weighted by atomic mass is 16.3. The number of aliphatic hydroxyl groups is 1. The molecule has 1 unspecified atom stereocenters. The summed E-state index contributed by atoms with van der Waals surface area (Å²) in [5.74, 6) is 0.179. The van der Waals surface area contributed by atoms with Crippen LogP contribution in [0.5, 0.6) is 0 Å². The molecule has 3 heteroatoms. The van der Waals surface area contributed by atoms with Crippen LogP contribution in [0.2, 0.25) is 0 Å². The van der Waals surface area contributed by atoms with E-state index in [1.54, 1.807) is 0 Å². The Morgan fingerprint density at radius 1 is 1.33 bits per heavy atom. The van der Waals surface area contributed by atoms with Crippen LogP contribution in [0.1, 0.15) is 34.3 Å². The van der Waals surface area contributed by atoms with Crippen LogP contribution in [-0.4, -0.2) is 41.5 Å². The van der Waals surface area contributed by atoms with Gasteiger partial charge in [-0.3, -0.25) is 9.69 Å². The molecule has 0 radical (unpaired) electrons. The van der Waals surface area contributed by atoms with Gasteiger partial charge in [0.1, 0.15) is 0 Å². The summed E-state index contributed by atoms with van der Waals surface area (Å²) in [5.41, 5.74) is 3.59. The standard InChI is InChI=1S/C15H19NO2/c17-14-6-7-16(9-14)10-15(18)13-5-4-11-2-1-3-12(11)8-13/h4-5,8,14,17H,1-3,6-7,9-10H2. The molecule has 96 valence electrons. The lowest BCUT2D eigenvalue weighted by atomic mass is 10.0. The van der Waals surface area contributed by atoms with Crippen molar-refractivity contribution >= 4 is 5.78 Å². The number of aliphatic hydroxyl groups excluding tert-OH is 1. The number of ketones is 1. The normalized spacial score (nSPS) is 23.3. The molecule has 1 heterocycles. The van der Waals surface area contributed by atoms with Gasteiger partial charge in [-0.25, -0.2) is 0 Å². The molecule has 0 amide bonds. The van der Waals surface area contributed by atoms with Gasteiger partial charge in [-0.1, -0.05) is 12.1 Å². The first-order valence-corrected chi connectivity index (χ1v) is 6.78. The molecule has 1 fully saturated rings. The Kier molecular flexibility index (Phi) is 3.18. The van der Waals surface area contributed by atoms with Gasteiger partial charge >= 0.3 is 0 Å². The number of aryl methyl sites for hydroxylation is 2. The minimum Gasteiger partial charge on any atom is -0.392 e. The maximum atomic E-state index is 12.2. The molecule has 1 N–H and O–H groups in total. The SMILES string of the molecule is O=C(CN1CCC(O)C1)c1ccc2c(c1)CCC2. The second-order valence-electron chi connectivity index (χ2n) is 5.44. The fraction of sp³-hybridized carbons (Fsp3) is 0.533. The van der Waals surface area contributed by atoms with E-state index in [1.807, 2.05) is 11.0 Å². The van der Waals surface area contributed by atoms with Crippen LogP contribution in [0.3, 0.4) is 0 Å². The number of β-amino-alcohol motifs (C(OH)–C–C–N with tert-alkyl or cyclic N) is 1. The van der Waals surface area contributed by atoms with Crippen LogP contribution in [0.15, 0.2) is 18.2 Å². The summed E-state index contributed by atoms with van der Waals surface area (Å²) in [5, 5.41) is 9.46. The van der Waals surface area contributed by atoms with E-state index in [4.69, 9.17) is 0 Å². The fourth-order valence-corrected chi connectivity index (χ4v) is 3.00. The number of hydrogen-bond acceptors (Lipinski definition) is 3. The first-order valence-electron chi connectivity index (χ1n) is 6.78. The average Bonchev–Trinajstić information content (AvgIpc) is 2.96. The van der Waals surface area contributed by atoms with Gasteiger partial charge in [-0.15, -0.1) is 0 Å². The van der Waals surface area contributed by atoms with E-state index < -0.39 is 0 Å². The number of carbonyl (C=O) groups excluding carboxylic acids is 1. The Hall–Kier alpha value is -1.19. The Morgan fingerprint density at radius 3 is 2.94 bits per heavy atom. The van der Waals surface area contributed by atoms with Crippen molar-refractivity contribution in [1.29, 1.82) is 0 Å². The minimum absolute atomic E-state index is 0.179. The number of hydrogen-bond donors (Lipinski definition) is 1. The molecule has 0 aromatic heterocycles. The van der Waals surface area contributed by atoms with Crippen LogP contribution in [0.25, 0.3) is 0 Å². The van der Waals surface area contributed by atoms with Crippen molar-refractivity contribution < 1.29 is 9.90 Å². The molecule has 18 heavy (non-hydrogen) atoms. The van der Waals surface area contributed by atoms with Gasteiger partial charge in [0.05, 0.1) is 12.6 Å². The quantitative estimate of drug-likeness (QED) is 0.819. The number of fused-ring (bicyclic) bond motifs is 1. The molecule has 0 bridgehead atoms. The summed E-state index contributed by atoms with van der Waals surface area (Å²) in [6.07, 6.45) is 4.02. The molecule has 1 atom stereocenters. The van der Waals surface area contributed by atoms with E-state index in [-0.39, 0.29) is 11.9 Å². The number of Topliss-reactive ketones (excluding diaryl/α,β-unsaturated/α-hetero) is 1. The number of rotatable bonds is 3. The molecule has 1 saturated heterocycles. The minimum atomic E-state index is -0.252. The van der Waals surface area contributed by atoms with Crippen molar-refractivity contribution in [2.75, 3.05) is 19.6 Å². The van der Waals surface area contributed by atoms with Gasteiger partial charge < -0.3 is 5.11 Å². The number of benzene rings is 1. The van der Waals surface area contributed by atoms with Gasteiger partial charge in [0.15, 0.2) is 5.78 Å². The molecule has 1 aliphatic carbocycles. The lowest BCUT2D eigenvalue weighted by molar-refractivity contribution is 0.0934. The lowest BCUT2D eigenvalue weighted by Gasteiger charge is -2.14. The zero-order chi connectivity index (χ0) is 12.5. The van der Waals surface area contributed by atoms with E-state index in [9.17, 15) is 9.90 Å². The molecule has 3 rings (SSSR count). The van der Waals surface area contributed by atoms with Crippen molar-refractivity contribution in [3.05, 3.63) is 34.9 Å². The maximum Gasteiger partial charge on any atom is 0.176 e. The lowest BCUT2D eigenvalue weighted by Crippen LogP contribution is -2.28. The summed E-state index contributed by atoms with van der Waals surface area (Å²) >= 11 is 0. The van der Waals surface area contributed by atoms with E-state index in [0.717, 1.165) is 31.4 Å². The third-order valence-corrected chi connectivity index (χ3v) is 4.04. The van der Waals surface area contributed by atoms with Gasteiger partial charge in [0, 0.05) is 18.7 Å². The largest absolute Gasteiger partial charge is 0.392 e.